The first-order chi connectivity index (χ1) is 14.3. The summed E-state index contributed by atoms with van der Waals surface area (Å²) in [6.45, 7) is 0.493. The van der Waals surface area contributed by atoms with Crippen molar-refractivity contribution >= 4 is 33.4 Å². The number of sulfonamides is 1. The van der Waals surface area contributed by atoms with Gasteiger partial charge in [-0.2, -0.15) is 13.1 Å². The molecule has 0 unspecified atom stereocenters. The number of hydrogen-bond donors (Lipinski definition) is 1. The molecule has 0 saturated carbocycles. The van der Waals surface area contributed by atoms with Crippen LogP contribution in [0.1, 0.15) is 12.8 Å². The van der Waals surface area contributed by atoms with Gasteiger partial charge in [0, 0.05) is 29.6 Å². The molecular weight excluding hydrogens is 434 g/mol. The summed E-state index contributed by atoms with van der Waals surface area (Å²) in [5, 5.41) is 2.77. The maximum absolute atomic E-state index is 12.8. The minimum atomic E-state index is -3.63. The third kappa shape index (κ3) is 5.50. The normalized spacial score (nSPS) is 15.9. The van der Waals surface area contributed by atoms with E-state index >= 15 is 0 Å². The van der Waals surface area contributed by atoms with Gasteiger partial charge >= 0.3 is 0 Å². The Morgan fingerprint density at radius 2 is 1.70 bits per heavy atom. The molecule has 0 bridgehead atoms. The number of hydrogen-bond acceptors (Lipinski definition) is 5. The third-order valence-corrected chi connectivity index (χ3v) is 7.50. The Morgan fingerprint density at radius 1 is 1.10 bits per heavy atom. The minimum absolute atomic E-state index is 0.188. The lowest BCUT2D eigenvalue weighted by molar-refractivity contribution is -0.120. The van der Waals surface area contributed by atoms with E-state index in [0.717, 1.165) is 0 Å². The first-order valence-corrected chi connectivity index (χ1v) is 11.6. The fourth-order valence-electron chi connectivity index (χ4n) is 3.22. The van der Waals surface area contributed by atoms with Crippen molar-refractivity contribution in [3.05, 3.63) is 48.5 Å². The Bertz CT molecular complexity index is 959. The number of halogens is 2. The summed E-state index contributed by atoms with van der Waals surface area (Å²) >= 11 is 0.441. The highest BCUT2D eigenvalue weighted by molar-refractivity contribution is 7.99. The number of rotatable bonds is 7. The molecule has 0 atom stereocenters. The van der Waals surface area contributed by atoms with Crippen LogP contribution >= 0.6 is 11.8 Å². The Labute approximate surface area is 178 Å². The van der Waals surface area contributed by atoms with Gasteiger partial charge < -0.3 is 10.1 Å². The third-order valence-electron chi connectivity index (χ3n) is 4.87. The van der Waals surface area contributed by atoms with Crippen LogP contribution in [-0.4, -0.2) is 44.6 Å². The van der Waals surface area contributed by atoms with Crippen LogP contribution in [0.4, 0.5) is 14.5 Å². The number of anilines is 1. The van der Waals surface area contributed by atoms with Crippen molar-refractivity contribution in [1.29, 1.82) is 0 Å². The van der Waals surface area contributed by atoms with E-state index in [1.807, 2.05) is 0 Å². The van der Waals surface area contributed by atoms with E-state index in [0.29, 0.717) is 40.9 Å². The number of benzene rings is 2. The molecule has 1 aliphatic heterocycles. The molecule has 0 aliphatic carbocycles. The number of nitrogens with one attached hydrogen (secondary N) is 1. The Morgan fingerprint density at radius 3 is 2.23 bits per heavy atom. The zero-order chi connectivity index (χ0) is 21.7. The predicted octanol–water partition coefficient (Wildman–Crippen LogP) is 4.05. The van der Waals surface area contributed by atoms with Gasteiger partial charge in [0.25, 0.3) is 5.76 Å². The minimum Gasteiger partial charge on any atom is -0.497 e. The predicted molar refractivity (Wildman–Crippen MR) is 111 cm³/mol. The Hall–Kier alpha value is -2.17. The van der Waals surface area contributed by atoms with Crippen molar-refractivity contribution in [2.24, 2.45) is 5.92 Å². The summed E-state index contributed by atoms with van der Waals surface area (Å²) in [6.07, 6.45) is 0.807. The number of ether oxygens (including phenoxy) is 1. The molecule has 1 aliphatic rings. The summed E-state index contributed by atoms with van der Waals surface area (Å²) in [7, 11) is -2.12. The average molecular weight is 457 g/mol. The molecule has 1 heterocycles. The van der Waals surface area contributed by atoms with Gasteiger partial charge in [-0.15, -0.1) is 0 Å². The zero-order valence-corrected chi connectivity index (χ0v) is 17.9. The number of carbonyl (C=O) groups is 1. The van der Waals surface area contributed by atoms with Crippen LogP contribution in [-0.2, 0) is 14.8 Å². The molecule has 1 fully saturated rings. The van der Waals surface area contributed by atoms with Crippen LogP contribution in [0.25, 0.3) is 0 Å². The second-order valence-electron chi connectivity index (χ2n) is 6.75. The number of piperidine rings is 1. The molecule has 0 radical (unpaired) electrons. The maximum atomic E-state index is 12.8. The molecule has 2 aromatic rings. The molecule has 6 nitrogen and oxygen atoms in total. The van der Waals surface area contributed by atoms with Crippen LogP contribution in [0.15, 0.2) is 58.3 Å². The van der Waals surface area contributed by atoms with Crippen LogP contribution < -0.4 is 10.1 Å². The quantitative estimate of drug-likeness (QED) is 0.637. The fraction of sp³-hybridized carbons (Fsp3) is 0.350. The Balaban J connectivity index is 1.56. The molecule has 10 heteroatoms. The van der Waals surface area contributed by atoms with Crippen molar-refractivity contribution in [3.63, 3.8) is 0 Å². The zero-order valence-electron chi connectivity index (χ0n) is 16.3. The highest BCUT2D eigenvalue weighted by Gasteiger charge is 2.32. The molecule has 1 N–H and O–H groups in total. The van der Waals surface area contributed by atoms with Crippen molar-refractivity contribution in [2.45, 2.75) is 28.4 Å². The number of methoxy groups -OCH3 is 1. The van der Waals surface area contributed by atoms with E-state index in [-0.39, 0.29) is 29.8 Å². The van der Waals surface area contributed by atoms with Gasteiger partial charge in [0.15, 0.2) is 0 Å². The molecule has 3 rings (SSSR count). The van der Waals surface area contributed by atoms with Gasteiger partial charge in [0.05, 0.1) is 12.0 Å². The molecule has 0 spiro atoms. The fourth-order valence-corrected chi connectivity index (χ4v) is 5.19. The Kier molecular flexibility index (Phi) is 7.32. The lowest BCUT2D eigenvalue weighted by Gasteiger charge is -2.30. The van der Waals surface area contributed by atoms with Gasteiger partial charge in [-0.3, -0.25) is 4.79 Å². The topological polar surface area (TPSA) is 75.7 Å². The van der Waals surface area contributed by atoms with Crippen molar-refractivity contribution < 1.29 is 26.7 Å². The van der Waals surface area contributed by atoms with Gasteiger partial charge in [-0.1, -0.05) is 11.8 Å². The summed E-state index contributed by atoms with van der Waals surface area (Å²) in [6, 6.07) is 12.4. The lowest BCUT2D eigenvalue weighted by atomic mass is 9.97. The molecule has 1 saturated heterocycles. The lowest BCUT2D eigenvalue weighted by Crippen LogP contribution is -2.41. The van der Waals surface area contributed by atoms with E-state index in [1.54, 1.807) is 24.3 Å². The number of amides is 1. The summed E-state index contributed by atoms with van der Waals surface area (Å²) in [5.41, 5.74) is 0.520. The van der Waals surface area contributed by atoms with Crippen LogP contribution in [0.5, 0.6) is 5.75 Å². The maximum Gasteiger partial charge on any atom is 0.288 e. The second kappa shape index (κ2) is 9.76. The summed E-state index contributed by atoms with van der Waals surface area (Å²) < 4.78 is 56.8. The SMILES string of the molecule is COc1ccc(S(=O)(=O)N2CCC(C(=O)Nc3ccc(SC(F)F)cc3)CC2)cc1. The summed E-state index contributed by atoms with van der Waals surface area (Å²) in [5.74, 6) is -2.44. The van der Waals surface area contributed by atoms with Crippen molar-refractivity contribution in [1.82, 2.24) is 4.31 Å². The monoisotopic (exact) mass is 456 g/mol. The van der Waals surface area contributed by atoms with Gasteiger partial charge in [0.2, 0.25) is 15.9 Å². The summed E-state index contributed by atoms with van der Waals surface area (Å²) in [4.78, 5) is 13.1. The van der Waals surface area contributed by atoms with E-state index in [1.165, 1.54) is 35.7 Å². The first kappa shape index (κ1) is 22.5. The number of alkyl halides is 2. The largest absolute Gasteiger partial charge is 0.497 e. The number of nitrogens with zero attached hydrogens (tertiary/aromatic N) is 1. The molecular formula is C20H22F2N2O4S2. The van der Waals surface area contributed by atoms with Gasteiger partial charge in [0.1, 0.15) is 5.75 Å². The molecule has 162 valence electrons. The molecule has 2 aromatic carbocycles. The van der Waals surface area contributed by atoms with E-state index in [4.69, 9.17) is 4.74 Å². The van der Waals surface area contributed by atoms with E-state index in [2.05, 4.69) is 5.32 Å². The van der Waals surface area contributed by atoms with Crippen LogP contribution in [0.3, 0.4) is 0 Å². The average Bonchev–Trinajstić information content (AvgIpc) is 2.75. The van der Waals surface area contributed by atoms with Crippen LogP contribution in [0.2, 0.25) is 0 Å². The van der Waals surface area contributed by atoms with Crippen molar-refractivity contribution in [3.8, 4) is 5.75 Å². The number of thioether (sulfide) groups is 1. The highest BCUT2D eigenvalue weighted by Crippen LogP contribution is 2.28. The molecule has 0 aromatic heterocycles. The molecule has 30 heavy (non-hydrogen) atoms. The van der Waals surface area contributed by atoms with E-state index in [9.17, 15) is 22.0 Å². The first-order valence-electron chi connectivity index (χ1n) is 9.29. The standard InChI is InChI=1S/C20H22F2N2O4S2/c1-28-16-4-8-18(9-5-16)30(26,27)24-12-10-14(11-13-24)19(25)23-15-2-6-17(7-3-15)29-20(21)22/h2-9,14,20H,10-13H2,1H3,(H,23,25). The van der Waals surface area contributed by atoms with Crippen LogP contribution in [0, 0.1) is 5.92 Å². The highest BCUT2D eigenvalue weighted by atomic mass is 32.2. The number of carbonyl (C=O) groups excluding carboxylic acids is 1. The van der Waals surface area contributed by atoms with Gasteiger partial charge in [-0.05, 0) is 61.4 Å². The van der Waals surface area contributed by atoms with Crippen molar-refractivity contribution in [2.75, 3.05) is 25.5 Å². The second-order valence-corrected chi connectivity index (χ2v) is 9.75. The smallest absolute Gasteiger partial charge is 0.288 e. The molecule has 1 amide bonds. The van der Waals surface area contributed by atoms with Gasteiger partial charge in [-0.25, -0.2) is 8.42 Å². The van der Waals surface area contributed by atoms with E-state index < -0.39 is 15.8 Å².